The molecule has 1 fully saturated rings. The lowest BCUT2D eigenvalue weighted by Crippen LogP contribution is -2.55. The van der Waals surface area contributed by atoms with Gasteiger partial charge in [0.25, 0.3) is 0 Å². The molecule has 4 rings (SSSR count). The van der Waals surface area contributed by atoms with Gasteiger partial charge in [-0.3, -0.25) is 13.9 Å². The highest BCUT2D eigenvalue weighted by Crippen LogP contribution is 2.23. The number of halogens is 1. The van der Waals surface area contributed by atoms with Crippen LogP contribution < -0.4 is 14.4 Å². The number of sulfonamides is 1. The predicted octanol–water partition coefficient (Wildman–Crippen LogP) is 5.15. The van der Waals surface area contributed by atoms with Crippen LogP contribution >= 0.6 is 22.6 Å². The van der Waals surface area contributed by atoms with E-state index in [1.165, 1.54) is 4.90 Å². The lowest BCUT2D eigenvalue weighted by atomic mass is 9.94. The summed E-state index contributed by atoms with van der Waals surface area (Å²) >= 11 is 2.15. The summed E-state index contributed by atoms with van der Waals surface area (Å²) in [7, 11) is -2.24. The molecule has 0 spiro atoms. The van der Waals surface area contributed by atoms with Gasteiger partial charge in [-0.1, -0.05) is 61.7 Å². The summed E-state index contributed by atoms with van der Waals surface area (Å²) in [6.07, 6.45) is 6.45. The van der Waals surface area contributed by atoms with Crippen LogP contribution in [0.2, 0.25) is 0 Å². The molecule has 0 bridgehead atoms. The maximum atomic E-state index is 14.2. The Balaban J connectivity index is 1.72. The van der Waals surface area contributed by atoms with Gasteiger partial charge in [-0.2, -0.15) is 0 Å². The van der Waals surface area contributed by atoms with Gasteiger partial charge in [-0.05, 0) is 83.0 Å². The van der Waals surface area contributed by atoms with Crippen molar-refractivity contribution in [1.82, 2.24) is 10.2 Å². The van der Waals surface area contributed by atoms with Crippen LogP contribution in [-0.2, 0) is 32.6 Å². The summed E-state index contributed by atoms with van der Waals surface area (Å²) in [6.45, 7) is -0.332. The van der Waals surface area contributed by atoms with E-state index in [4.69, 9.17) is 4.74 Å². The van der Waals surface area contributed by atoms with Crippen molar-refractivity contribution in [2.75, 3.05) is 24.2 Å². The van der Waals surface area contributed by atoms with Gasteiger partial charge in [0.15, 0.2) is 0 Å². The van der Waals surface area contributed by atoms with E-state index in [-0.39, 0.29) is 24.9 Å². The fraction of sp³-hybridized carbons (Fsp3) is 0.375. The Morgan fingerprint density at radius 3 is 2.26 bits per heavy atom. The molecule has 8 nitrogen and oxygen atoms in total. The van der Waals surface area contributed by atoms with E-state index < -0.39 is 28.5 Å². The molecular weight excluding hydrogens is 665 g/mol. The fourth-order valence-electron chi connectivity index (χ4n) is 5.29. The summed E-state index contributed by atoms with van der Waals surface area (Å²) in [5.74, 6) is -0.0773. The molecule has 0 aromatic heterocycles. The number of rotatable bonds is 12. The van der Waals surface area contributed by atoms with Crippen molar-refractivity contribution in [3.05, 3.63) is 93.6 Å². The molecule has 3 aromatic rings. The molecule has 224 valence electrons. The molecule has 2 amide bonds. The van der Waals surface area contributed by atoms with Gasteiger partial charge in [-0.25, -0.2) is 8.42 Å². The van der Waals surface area contributed by atoms with E-state index >= 15 is 0 Å². The molecule has 0 saturated heterocycles. The van der Waals surface area contributed by atoms with Crippen LogP contribution in [0.15, 0.2) is 78.9 Å². The first-order chi connectivity index (χ1) is 20.1. The molecule has 1 atom stereocenters. The van der Waals surface area contributed by atoms with Gasteiger partial charge in [0.2, 0.25) is 21.8 Å². The first kappa shape index (κ1) is 31.8. The number of hydrogen-bond acceptors (Lipinski definition) is 5. The van der Waals surface area contributed by atoms with E-state index in [0.29, 0.717) is 11.4 Å². The van der Waals surface area contributed by atoms with E-state index in [2.05, 4.69) is 27.9 Å². The number of benzene rings is 3. The quantitative estimate of drug-likeness (QED) is 0.264. The third-order valence-electron chi connectivity index (χ3n) is 7.50. The minimum absolute atomic E-state index is 0.0533. The van der Waals surface area contributed by atoms with Crippen LogP contribution in [-0.4, -0.2) is 57.1 Å². The zero-order valence-electron chi connectivity index (χ0n) is 24.0. The molecule has 0 radical (unpaired) electrons. The van der Waals surface area contributed by atoms with Crippen LogP contribution in [0, 0.1) is 3.57 Å². The second-order valence-electron chi connectivity index (χ2n) is 10.7. The van der Waals surface area contributed by atoms with E-state index in [0.717, 1.165) is 57.4 Å². The van der Waals surface area contributed by atoms with Crippen LogP contribution in [0.4, 0.5) is 5.69 Å². The summed E-state index contributed by atoms with van der Waals surface area (Å²) in [4.78, 5) is 29.8. The standard InChI is InChI=1S/C32H38IN3O5S/c1-41-29-15-9-12-25(20-29)22-35(31(37)23-36(42(2,39)40)28-18-16-26(33)17-19-28)30(21-24-10-5-3-6-11-24)32(38)34-27-13-7-4-8-14-27/h3,5-6,9-12,15-20,27,30H,4,7-8,13-14,21-23H2,1-2H3,(H,34,38)/t30-/m0/s1. The molecule has 1 aliphatic rings. The van der Waals surface area contributed by atoms with Gasteiger partial charge in [0.1, 0.15) is 18.3 Å². The Morgan fingerprint density at radius 2 is 1.62 bits per heavy atom. The van der Waals surface area contributed by atoms with Gasteiger partial charge in [-0.15, -0.1) is 0 Å². The highest BCUT2D eigenvalue weighted by molar-refractivity contribution is 14.1. The summed E-state index contributed by atoms with van der Waals surface area (Å²) < 4.78 is 33.3. The molecule has 1 saturated carbocycles. The molecule has 1 aliphatic carbocycles. The zero-order valence-corrected chi connectivity index (χ0v) is 27.0. The Kier molecular flexibility index (Phi) is 11.3. The Hall–Kier alpha value is -3.12. The monoisotopic (exact) mass is 703 g/mol. The minimum atomic E-state index is -3.81. The smallest absolute Gasteiger partial charge is 0.244 e. The van der Waals surface area contributed by atoms with Crippen molar-refractivity contribution in [3.63, 3.8) is 0 Å². The lowest BCUT2D eigenvalue weighted by molar-refractivity contribution is -0.140. The molecule has 1 N–H and O–H groups in total. The topological polar surface area (TPSA) is 96.0 Å². The maximum Gasteiger partial charge on any atom is 0.244 e. The van der Waals surface area contributed by atoms with Crippen LogP contribution in [0.25, 0.3) is 0 Å². The fourth-order valence-corrected chi connectivity index (χ4v) is 6.50. The highest BCUT2D eigenvalue weighted by atomic mass is 127. The number of carbonyl (C=O) groups excluding carboxylic acids is 2. The van der Waals surface area contributed by atoms with Crippen molar-refractivity contribution in [2.24, 2.45) is 0 Å². The number of hydrogen-bond donors (Lipinski definition) is 1. The SMILES string of the molecule is COc1cccc(CN(C(=O)CN(c2ccc(I)cc2)S(C)(=O)=O)[C@@H](Cc2ccccc2)C(=O)NC2CCCCC2)c1. The van der Waals surface area contributed by atoms with Crippen molar-refractivity contribution >= 4 is 50.1 Å². The van der Waals surface area contributed by atoms with Gasteiger partial charge < -0.3 is 15.0 Å². The van der Waals surface area contributed by atoms with E-state index in [1.807, 2.05) is 54.6 Å². The molecule has 0 heterocycles. The molecule has 10 heteroatoms. The summed E-state index contributed by atoms with van der Waals surface area (Å²) in [6, 6.07) is 23.1. The Labute approximate surface area is 262 Å². The second kappa shape index (κ2) is 14.9. The zero-order chi connectivity index (χ0) is 30.1. The first-order valence-electron chi connectivity index (χ1n) is 14.1. The van der Waals surface area contributed by atoms with Crippen LogP contribution in [0.5, 0.6) is 5.75 Å². The summed E-state index contributed by atoms with van der Waals surface area (Å²) in [5.41, 5.74) is 2.06. The first-order valence-corrected chi connectivity index (χ1v) is 17.1. The maximum absolute atomic E-state index is 14.2. The third kappa shape index (κ3) is 8.94. The average Bonchev–Trinajstić information content (AvgIpc) is 2.98. The third-order valence-corrected chi connectivity index (χ3v) is 9.36. The van der Waals surface area contributed by atoms with Gasteiger partial charge in [0, 0.05) is 22.6 Å². The van der Waals surface area contributed by atoms with Gasteiger partial charge in [0.05, 0.1) is 19.1 Å². The van der Waals surface area contributed by atoms with Crippen LogP contribution in [0.1, 0.15) is 43.2 Å². The lowest BCUT2D eigenvalue weighted by Gasteiger charge is -2.35. The molecule has 42 heavy (non-hydrogen) atoms. The molecule has 0 aliphatic heterocycles. The molecule has 0 unspecified atom stereocenters. The largest absolute Gasteiger partial charge is 0.497 e. The normalized spacial score (nSPS) is 14.5. The van der Waals surface area contributed by atoms with Crippen molar-refractivity contribution in [2.45, 2.75) is 57.2 Å². The van der Waals surface area contributed by atoms with E-state index in [9.17, 15) is 18.0 Å². The highest BCUT2D eigenvalue weighted by Gasteiger charge is 2.34. The van der Waals surface area contributed by atoms with E-state index in [1.54, 1.807) is 31.4 Å². The number of ether oxygens (including phenoxy) is 1. The number of amides is 2. The number of carbonyl (C=O) groups is 2. The number of nitrogens with one attached hydrogen (secondary N) is 1. The van der Waals surface area contributed by atoms with Crippen molar-refractivity contribution in [3.8, 4) is 5.75 Å². The van der Waals surface area contributed by atoms with Gasteiger partial charge >= 0.3 is 0 Å². The molecule has 3 aromatic carbocycles. The second-order valence-corrected chi connectivity index (χ2v) is 13.8. The average molecular weight is 704 g/mol. The Morgan fingerprint density at radius 1 is 0.952 bits per heavy atom. The Bertz CT molecular complexity index is 1440. The van der Waals surface area contributed by atoms with Crippen molar-refractivity contribution in [1.29, 1.82) is 0 Å². The molecular formula is C32H38IN3O5S. The summed E-state index contributed by atoms with van der Waals surface area (Å²) in [5, 5.41) is 3.21. The van der Waals surface area contributed by atoms with Crippen LogP contribution in [0.3, 0.4) is 0 Å². The number of anilines is 1. The predicted molar refractivity (Wildman–Crippen MR) is 174 cm³/mol. The van der Waals surface area contributed by atoms with Crippen molar-refractivity contribution < 1.29 is 22.7 Å². The number of methoxy groups -OCH3 is 1. The number of nitrogens with zero attached hydrogens (tertiary/aromatic N) is 2. The minimum Gasteiger partial charge on any atom is -0.497 e.